The molecule has 0 aromatic carbocycles. The Labute approximate surface area is 165 Å². The van der Waals surface area contributed by atoms with E-state index in [4.69, 9.17) is 9.97 Å². The van der Waals surface area contributed by atoms with E-state index >= 15 is 0 Å². The average molecular weight is 377 g/mol. The minimum absolute atomic E-state index is 0.0762. The second-order valence-electron chi connectivity index (χ2n) is 8.31. The van der Waals surface area contributed by atoms with E-state index < -0.39 is 0 Å². The Morgan fingerprint density at radius 2 is 1.89 bits per heavy atom. The van der Waals surface area contributed by atoms with Crippen LogP contribution >= 0.6 is 0 Å². The lowest BCUT2D eigenvalue weighted by Crippen LogP contribution is -2.56. The second-order valence-corrected chi connectivity index (χ2v) is 8.31. The van der Waals surface area contributed by atoms with Crippen molar-refractivity contribution < 1.29 is 4.79 Å². The molecule has 2 fully saturated rings. The largest absolute Gasteiger partial charge is 0.355 e. The fourth-order valence-electron chi connectivity index (χ4n) is 4.67. The van der Waals surface area contributed by atoms with Crippen molar-refractivity contribution >= 4 is 11.7 Å². The van der Waals surface area contributed by atoms with E-state index in [1.165, 1.54) is 24.8 Å². The summed E-state index contributed by atoms with van der Waals surface area (Å²) in [6.45, 7) is 1.51. The van der Waals surface area contributed by atoms with Crippen LogP contribution in [0.4, 0.5) is 5.82 Å². The molecule has 2 aliphatic carbocycles. The molecule has 146 valence electrons. The monoisotopic (exact) mass is 377 g/mol. The molecule has 0 atom stereocenters. The summed E-state index contributed by atoms with van der Waals surface area (Å²) in [5, 5.41) is 3.27. The summed E-state index contributed by atoms with van der Waals surface area (Å²) in [7, 11) is 0. The Hall–Kier alpha value is -2.50. The average Bonchev–Trinajstić information content (AvgIpc) is 3.17. The minimum atomic E-state index is 0.0762. The molecule has 0 bridgehead atoms. The fraction of sp³-hybridized carbons (Fsp3) is 0.545. The van der Waals surface area contributed by atoms with Crippen molar-refractivity contribution in [1.82, 2.24) is 20.3 Å². The minimum Gasteiger partial charge on any atom is -0.355 e. The number of carbonyl (C=O) groups excluding carboxylic acids is 1. The number of aryl methyl sites for hydroxylation is 1. The van der Waals surface area contributed by atoms with Gasteiger partial charge in [-0.15, -0.1) is 0 Å². The maximum Gasteiger partial charge on any atom is 0.226 e. The molecule has 1 aliphatic heterocycles. The number of carbonyl (C=O) groups is 1. The van der Waals surface area contributed by atoms with Gasteiger partial charge >= 0.3 is 0 Å². The van der Waals surface area contributed by atoms with Crippen molar-refractivity contribution in [2.24, 2.45) is 5.92 Å². The van der Waals surface area contributed by atoms with E-state index in [0.29, 0.717) is 11.9 Å². The van der Waals surface area contributed by atoms with Crippen LogP contribution in [0.25, 0.3) is 11.5 Å². The number of hydrogen-bond donors (Lipinski definition) is 1. The van der Waals surface area contributed by atoms with Gasteiger partial charge in [-0.05, 0) is 44.2 Å². The molecule has 2 aromatic rings. The molecule has 3 aliphatic rings. The SMILES string of the molecule is O=C(NC1CCCCC1)C1CN(c2nc(-c3ccccn3)nc3c2CCC3)C1. The highest BCUT2D eigenvalue weighted by Gasteiger charge is 2.37. The zero-order chi connectivity index (χ0) is 18.9. The van der Waals surface area contributed by atoms with Crippen LogP contribution in [0.15, 0.2) is 24.4 Å². The van der Waals surface area contributed by atoms with Gasteiger partial charge in [0.2, 0.25) is 5.91 Å². The first-order valence-corrected chi connectivity index (χ1v) is 10.6. The lowest BCUT2D eigenvalue weighted by Gasteiger charge is -2.40. The normalized spacial score (nSPS) is 19.9. The topological polar surface area (TPSA) is 71.0 Å². The van der Waals surface area contributed by atoms with Crippen LogP contribution in [0.5, 0.6) is 0 Å². The summed E-state index contributed by atoms with van der Waals surface area (Å²) in [5.41, 5.74) is 3.23. The van der Waals surface area contributed by atoms with Gasteiger partial charge in [0.15, 0.2) is 5.82 Å². The standard InChI is InChI=1S/C22H27N5O/c28-22(24-16-7-2-1-3-8-16)15-13-27(14-15)21-17-9-6-11-18(17)25-20(26-21)19-10-4-5-12-23-19/h4-5,10,12,15-16H,1-3,6-9,11,13-14H2,(H,24,28). The van der Waals surface area contributed by atoms with Crippen molar-refractivity contribution in [3.63, 3.8) is 0 Å². The molecule has 0 unspecified atom stereocenters. The van der Waals surface area contributed by atoms with Gasteiger partial charge in [-0.2, -0.15) is 0 Å². The maximum absolute atomic E-state index is 12.6. The smallest absolute Gasteiger partial charge is 0.226 e. The van der Waals surface area contributed by atoms with Gasteiger partial charge in [-0.25, -0.2) is 9.97 Å². The number of fused-ring (bicyclic) bond motifs is 1. The van der Waals surface area contributed by atoms with Crippen LogP contribution in [0.2, 0.25) is 0 Å². The van der Waals surface area contributed by atoms with E-state index in [9.17, 15) is 4.79 Å². The Balaban J connectivity index is 1.31. The molecule has 28 heavy (non-hydrogen) atoms. The van der Waals surface area contributed by atoms with Crippen LogP contribution in [0, 0.1) is 5.92 Å². The zero-order valence-corrected chi connectivity index (χ0v) is 16.2. The lowest BCUT2D eigenvalue weighted by molar-refractivity contribution is -0.126. The van der Waals surface area contributed by atoms with Crippen LogP contribution in [0.1, 0.15) is 49.8 Å². The van der Waals surface area contributed by atoms with Crippen molar-refractivity contribution in [3.8, 4) is 11.5 Å². The molecule has 1 saturated heterocycles. The van der Waals surface area contributed by atoms with Gasteiger partial charge in [0.25, 0.3) is 0 Å². The third-order valence-corrected chi connectivity index (χ3v) is 6.31. The first kappa shape index (κ1) is 17.6. The van der Waals surface area contributed by atoms with Crippen molar-refractivity contribution in [2.75, 3.05) is 18.0 Å². The van der Waals surface area contributed by atoms with Crippen molar-refractivity contribution in [1.29, 1.82) is 0 Å². The van der Waals surface area contributed by atoms with Gasteiger partial charge in [-0.3, -0.25) is 9.78 Å². The van der Waals surface area contributed by atoms with Gasteiger partial charge < -0.3 is 10.2 Å². The predicted octanol–water partition coefficient (Wildman–Crippen LogP) is 2.91. The molecule has 1 amide bonds. The second kappa shape index (κ2) is 7.49. The zero-order valence-electron chi connectivity index (χ0n) is 16.2. The Bertz CT molecular complexity index is 857. The number of anilines is 1. The molecule has 1 saturated carbocycles. The number of nitrogens with zero attached hydrogens (tertiary/aromatic N) is 4. The van der Waals surface area contributed by atoms with Gasteiger partial charge in [0.05, 0.1) is 5.92 Å². The number of aromatic nitrogens is 3. The third-order valence-electron chi connectivity index (χ3n) is 6.31. The molecular formula is C22H27N5O. The summed E-state index contributed by atoms with van der Waals surface area (Å²) < 4.78 is 0. The fourth-order valence-corrected chi connectivity index (χ4v) is 4.67. The maximum atomic E-state index is 12.6. The van der Waals surface area contributed by atoms with Gasteiger partial charge in [0.1, 0.15) is 11.5 Å². The summed E-state index contributed by atoms with van der Waals surface area (Å²) in [6.07, 6.45) is 11.0. The molecule has 5 rings (SSSR count). The van der Waals surface area contributed by atoms with Crippen LogP contribution < -0.4 is 10.2 Å². The molecule has 1 N–H and O–H groups in total. The molecule has 6 heteroatoms. The number of rotatable bonds is 4. The lowest BCUT2D eigenvalue weighted by atomic mass is 9.93. The molecule has 6 nitrogen and oxygen atoms in total. The van der Waals surface area contributed by atoms with Crippen LogP contribution in [0.3, 0.4) is 0 Å². The van der Waals surface area contributed by atoms with E-state index in [1.807, 2.05) is 18.2 Å². The van der Waals surface area contributed by atoms with Crippen LogP contribution in [-0.2, 0) is 17.6 Å². The molecular weight excluding hydrogens is 350 g/mol. The summed E-state index contributed by atoms with van der Waals surface area (Å²) in [6, 6.07) is 6.21. The first-order chi connectivity index (χ1) is 13.8. The Kier molecular flexibility index (Phi) is 4.71. The van der Waals surface area contributed by atoms with Gasteiger partial charge in [-0.1, -0.05) is 25.3 Å². The Morgan fingerprint density at radius 1 is 1.04 bits per heavy atom. The number of pyridine rings is 1. The number of nitrogens with one attached hydrogen (secondary N) is 1. The van der Waals surface area contributed by atoms with Gasteiger partial charge in [0, 0.05) is 36.6 Å². The predicted molar refractivity (Wildman–Crippen MR) is 108 cm³/mol. The third kappa shape index (κ3) is 3.36. The first-order valence-electron chi connectivity index (χ1n) is 10.6. The van der Waals surface area contributed by atoms with E-state index in [-0.39, 0.29) is 11.8 Å². The number of hydrogen-bond acceptors (Lipinski definition) is 5. The summed E-state index contributed by atoms with van der Waals surface area (Å²) >= 11 is 0. The van der Waals surface area contributed by atoms with E-state index in [0.717, 1.165) is 62.4 Å². The van der Waals surface area contributed by atoms with E-state index in [2.05, 4.69) is 15.2 Å². The quantitative estimate of drug-likeness (QED) is 0.887. The van der Waals surface area contributed by atoms with Crippen molar-refractivity contribution in [3.05, 3.63) is 35.7 Å². The molecule has 2 aromatic heterocycles. The highest BCUT2D eigenvalue weighted by Crippen LogP contribution is 2.34. The highest BCUT2D eigenvalue weighted by atomic mass is 16.2. The van der Waals surface area contributed by atoms with E-state index in [1.54, 1.807) is 6.20 Å². The van der Waals surface area contributed by atoms with Crippen molar-refractivity contribution in [2.45, 2.75) is 57.4 Å². The summed E-state index contributed by atoms with van der Waals surface area (Å²) in [5.74, 6) is 2.02. The Morgan fingerprint density at radius 3 is 2.68 bits per heavy atom. The number of amides is 1. The molecule has 0 radical (unpaired) electrons. The summed E-state index contributed by atoms with van der Waals surface area (Å²) in [4.78, 5) is 28.9. The van der Waals surface area contributed by atoms with Crippen LogP contribution in [-0.4, -0.2) is 40.0 Å². The molecule has 3 heterocycles. The highest BCUT2D eigenvalue weighted by molar-refractivity contribution is 5.82. The molecule has 0 spiro atoms.